The molecule has 11 nitrogen and oxygen atoms in total. The Balaban J connectivity index is 1.63. The Hall–Kier alpha value is -1.76. The molecular formula is C27H46F2N3O8P. The first-order valence-corrected chi connectivity index (χ1v) is 16.3. The van der Waals surface area contributed by atoms with Gasteiger partial charge in [0.2, 0.25) is 12.1 Å². The van der Waals surface area contributed by atoms with Crippen LogP contribution in [0.15, 0.2) is 17.1 Å². The molecular weight excluding hydrogens is 563 g/mol. The van der Waals surface area contributed by atoms with Gasteiger partial charge in [-0.05, 0) is 12.5 Å². The summed E-state index contributed by atoms with van der Waals surface area (Å²) < 4.78 is 49.5. The number of hydrogen-bond acceptors (Lipinski definition) is 7. The minimum absolute atomic E-state index is 0.111. The molecule has 1 amide bonds. The number of rotatable bonds is 21. The van der Waals surface area contributed by atoms with Crippen molar-refractivity contribution in [2.75, 3.05) is 11.9 Å². The third-order valence-corrected chi connectivity index (χ3v) is 7.63. The van der Waals surface area contributed by atoms with Gasteiger partial charge in [-0.3, -0.25) is 13.9 Å². The number of carbonyl (C=O) groups is 1. The fourth-order valence-corrected chi connectivity index (χ4v) is 5.14. The molecule has 1 saturated heterocycles. The molecule has 1 aliphatic heterocycles. The molecule has 3 unspecified atom stereocenters. The molecule has 2 rings (SSSR count). The largest absolute Gasteiger partial charge is 0.469 e. The van der Waals surface area contributed by atoms with Gasteiger partial charge in [0, 0.05) is 12.6 Å². The summed E-state index contributed by atoms with van der Waals surface area (Å²) in [6.45, 7) is 1.21. The second-order valence-corrected chi connectivity index (χ2v) is 11.9. The molecule has 1 aromatic heterocycles. The van der Waals surface area contributed by atoms with E-state index in [9.17, 15) is 28.0 Å². The normalized spacial score (nSPS) is 20.4. The maximum Gasteiger partial charge on any atom is 0.469 e. The molecule has 1 fully saturated rings. The Morgan fingerprint density at radius 1 is 1.02 bits per heavy atom. The van der Waals surface area contributed by atoms with Crippen molar-refractivity contribution in [3.63, 3.8) is 0 Å². The van der Waals surface area contributed by atoms with Gasteiger partial charge in [-0.15, -0.1) is 0 Å². The number of nitrogens with one attached hydrogen (secondary N) is 1. The van der Waals surface area contributed by atoms with Crippen LogP contribution in [-0.4, -0.2) is 55.1 Å². The van der Waals surface area contributed by atoms with Crippen LogP contribution in [0.1, 0.15) is 116 Å². The minimum atomic E-state index is -4.99. The lowest BCUT2D eigenvalue weighted by molar-refractivity contribution is -0.140. The third kappa shape index (κ3) is 13.0. The zero-order chi connectivity index (χ0) is 30.3. The highest BCUT2D eigenvalue weighted by Gasteiger charge is 2.60. The molecule has 14 heteroatoms. The van der Waals surface area contributed by atoms with Gasteiger partial charge in [0.1, 0.15) is 11.9 Å². The molecule has 0 bridgehead atoms. The first-order chi connectivity index (χ1) is 19.5. The molecule has 4 N–H and O–H groups in total. The number of unbranched alkanes of at least 4 members (excludes halogenated alkanes) is 14. The fraction of sp³-hybridized carbons (Fsp3) is 0.815. The topological polar surface area (TPSA) is 160 Å². The number of ether oxygens (including phenoxy) is 1. The van der Waals surface area contributed by atoms with E-state index in [1.807, 2.05) is 0 Å². The number of aliphatic hydroxyl groups excluding tert-OH is 1. The lowest BCUT2D eigenvalue weighted by Gasteiger charge is -2.21. The first kappa shape index (κ1) is 35.4. The summed E-state index contributed by atoms with van der Waals surface area (Å²) in [6, 6.07) is 1.15. The van der Waals surface area contributed by atoms with E-state index in [1.165, 1.54) is 70.6 Å². The average Bonchev–Trinajstić information content (AvgIpc) is 3.12. The van der Waals surface area contributed by atoms with Crippen LogP contribution in [0.3, 0.4) is 0 Å². The molecule has 3 atom stereocenters. The number of phosphoric acid groups is 1. The number of hydrogen-bond donors (Lipinski definition) is 4. The van der Waals surface area contributed by atoms with Gasteiger partial charge in [0.05, 0.1) is 6.61 Å². The Bertz CT molecular complexity index is 1020. The zero-order valence-electron chi connectivity index (χ0n) is 23.9. The quantitative estimate of drug-likeness (QED) is 0.105. The monoisotopic (exact) mass is 609 g/mol. The SMILES string of the molecule is CCCCCCCCCCCCCCCCCC(=O)Nc1ccn(C2OC(COP(=O)(O)O)C(O)C2(F)F)c(=O)n1. The summed E-state index contributed by atoms with van der Waals surface area (Å²) in [6.07, 6.45) is 12.8. The average molecular weight is 610 g/mol. The number of nitrogens with zero attached hydrogens (tertiary/aromatic N) is 2. The van der Waals surface area contributed by atoms with Gasteiger partial charge < -0.3 is 24.9 Å². The number of aliphatic hydroxyl groups is 1. The number of anilines is 1. The maximum absolute atomic E-state index is 14.5. The predicted octanol–water partition coefficient (Wildman–Crippen LogP) is 5.45. The highest BCUT2D eigenvalue weighted by Crippen LogP contribution is 2.44. The molecule has 0 radical (unpaired) electrons. The van der Waals surface area contributed by atoms with Crippen molar-refractivity contribution < 1.29 is 42.3 Å². The number of amides is 1. The summed E-state index contributed by atoms with van der Waals surface area (Å²) in [7, 11) is -4.99. The van der Waals surface area contributed by atoms with Gasteiger partial charge in [0.25, 0.3) is 0 Å². The van der Waals surface area contributed by atoms with Gasteiger partial charge in [-0.2, -0.15) is 13.8 Å². The molecule has 2 heterocycles. The van der Waals surface area contributed by atoms with E-state index >= 15 is 0 Å². The number of alkyl halides is 2. The summed E-state index contributed by atoms with van der Waals surface area (Å²) in [4.78, 5) is 45.7. The molecule has 1 aromatic rings. The van der Waals surface area contributed by atoms with Crippen LogP contribution in [0, 0.1) is 0 Å². The van der Waals surface area contributed by atoms with Crippen molar-refractivity contribution in [1.82, 2.24) is 9.55 Å². The Labute approximate surface area is 240 Å². The summed E-state index contributed by atoms with van der Waals surface area (Å²) >= 11 is 0. The van der Waals surface area contributed by atoms with Gasteiger partial charge >= 0.3 is 19.4 Å². The number of halogens is 2. The first-order valence-electron chi connectivity index (χ1n) is 14.8. The second kappa shape index (κ2) is 18.0. The zero-order valence-corrected chi connectivity index (χ0v) is 24.8. The third-order valence-electron chi connectivity index (χ3n) is 7.14. The smallest absolute Gasteiger partial charge is 0.384 e. The maximum atomic E-state index is 14.5. The molecule has 41 heavy (non-hydrogen) atoms. The molecule has 0 aliphatic carbocycles. The number of aromatic nitrogens is 2. The van der Waals surface area contributed by atoms with E-state index in [0.29, 0.717) is 11.0 Å². The highest BCUT2D eigenvalue weighted by molar-refractivity contribution is 7.46. The minimum Gasteiger partial charge on any atom is -0.384 e. The molecule has 0 saturated carbocycles. The van der Waals surface area contributed by atoms with Crippen molar-refractivity contribution in [2.24, 2.45) is 0 Å². The van der Waals surface area contributed by atoms with E-state index in [1.54, 1.807) is 0 Å². The Morgan fingerprint density at radius 2 is 1.54 bits per heavy atom. The van der Waals surface area contributed by atoms with E-state index in [0.717, 1.165) is 31.5 Å². The van der Waals surface area contributed by atoms with E-state index in [-0.39, 0.29) is 18.1 Å². The van der Waals surface area contributed by atoms with E-state index in [4.69, 9.17) is 14.5 Å². The molecule has 236 valence electrons. The van der Waals surface area contributed by atoms with Gasteiger partial charge in [-0.1, -0.05) is 96.8 Å². The van der Waals surface area contributed by atoms with Crippen molar-refractivity contribution in [3.8, 4) is 0 Å². The van der Waals surface area contributed by atoms with Crippen LogP contribution in [0.5, 0.6) is 0 Å². The van der Waals surface area contributed by atoms with Crippen molar-refractivity contribution in [1.29, 1.82) is 0 Å². The lowest BCUT2D eigenvalue weighted by Crippen LogP contribution is -2.42. The van der Waals surface area contributed by atoms with Crippen LogP contribution >= 0.6 is 7.82 Å². The van der Waals surface area contributed by atoms with Crippen molar-refractivity contribution in [3.05, 3.63) is 22.7 Å². The van der Waals surface area contributed by atoms with E-state index < -0.39 is 44.5 Å². The standard InChI is InChI=1S/C27H46F2N3O8P/c1-2-3-4-5-6-7-8-9-10-11-12-13-14-15-16-17-23(33)30-22-18-19-32(26(35)31-22)25-27(28,29)24(34)21(40-25)20-39-41(36,37)38/h18-19,21,24-25,34H,2-17,20H2,1H3,(H2,36,37,38)(H,30,31,33,35). The second-order valence-electron chi connectivity index (χ2n) is 10.7. The Kier molecular flexibility index (Phi) is 15.6. The Morgan fingerprint density at radius 3 is 2.02 bits per heavy atom. The summed E-state index contributed by atoms with van der Waals surface area (Å²) in [5, 5.41) is 12.3. The highest BCUT2D eigenvalue weighted by atomic mass is 31.2. The fourth-order valence-electron chi connectivity index (χ4n) is 4.80. The molecule has 0 aromatic carbocycles. The van der Waals surface area contributed by atoms with Crippen molar-refractivity contribution in [2.45, 2.75) is 134 Å². The van der Waals surface area contributed by atoms with Crippen LogP contribution in [0.2, 0.25) is 0 Å². The van der Waals surface area contributed by atoms with Crippen LogP contribution < -0.4 is 11.0 Å². The van der Waals surface area contributed by atoms with Crippen LogP contribution in [0.4, 0.5) is 14.6 Å². The van der Waals surface area contributed by atoms with Crippen LogP contribution in [0.25, 0.3) is 0 Å². The predicted molar refractivity (Wildman–Crippen MR) is 150 cm³/mol. The number of phosphoric ester groups is 1. The van der Waals surface area contributed by atoms with Crippen LogP contribution in [-0.2, 0) is 18.6 Å². The summed E-state index contributed by atoms with van der Waals surface area (Å²) in [5.41, 5.74) is -1.16. The van der Waals surface area contributed by atoms with Gasteiger partial charge in [0.15, 0.2) is 6.10 Å². The lowest BCUT2D eigenvalue weighted by atomic mass is 10.0. The summed E-state index contributed by atoms with van der Waals surface area (Å²) in [5.74, 6) is -4.44. The number of carbonyl (C=O) groups excluding carboxylic acids is 1. The van der Waals surface area contributed by atoms with Gasteiger partial charge in [-0.25, -0.2) is 9.36 Å². The molecule has 0 spiro atoms. The molecule has 1 aliphatic rings. The van der Waals surface area contributed by atoms with E-state index in [2.05, 4.69) is 21.7 Å². The van der Waals surface area contributed by atoms with Crippen molar-refractivity contribution >= 4 is 19.5 Å².